The zero-order valence-electron chi connectivity index (χ0n) is 30.3. The van der Waals surface area contributed by atoms with Crippen molar-refractivity contribution in [2.45, 2.75) is 0 Å². The average Bonchev–Trinajstić information content (AvgIpc) is 3.85. The van der Waals surface area contributed by atoms with Gasteiger partial charge in [0.25, 0.3) is 0 Å². The molecule has 8 aromatic carbocycles. The Morgan fingerprint density at radius 1 is 0.321 bits per heavy atom. The highest BCUT2D eigenvalue weighted by atomic mass is 15.0. The van der Waals surface area contributed by atoms with Crippen molar-refractivity contribution in [3.8, 4) is 56.7 Å². The molecule has 0 atom stereocenters. The second-order valence-electron chi connectivity index (χ2n) is 14.1. The minimum Gasteiger partial charge on any atom is -0.317 e. The minimum atomic E-state index is 0.640. The molecule has 262 valence electrons. The van der Waals surface area contributed by atoms with Gasteiger partial charge in [-0.2, -0.15) is 0 Å². The number of hydrogen-bond donors (Lipinski definition) is 0. The van der Waals surface area contributed by atoms with Crippen molar-refractivity contribution in [2.75, 3.05) is 0 Å². The van der Waals surface area contributed by atoms with Crippen LogP contribution in [0.3, 0.4) is 0 Å². The van der Waals surface area contributed by atoms with Crippen LogP contribution in [0, 0.1) is 0 Å². The van der Waals surface area contributed by atoms with Crippen molar-refractivity contribution < 1.29 is 0 Å². The zero-order chi connectivity index (χ0) is 37.0. The molecule has 3 heterocycles. The molecule has 11 aromatic rings. The van der Waals surface area contributed by atoms with Crippen LogP contribution in [0.5, 0.6) is 0 Å². The summed E-state index contributed by atoms with van der Waals surface area (Å²) in [5, 5.41) is 6.14. The van der Waals surface area contributed by atoms with Crippen molar-refractivity contribution in [1.82, 2.24) is 24.1 Å². The molecule has 0 aliphatic heterocycles. The van der Waals surface area contributed by atoms with Crippen LogP contribution in [-0.4, -0.2) is 24.1 Å². The normalized spacial score (nSPS) is 11.6. The van der Waals surface area contributed by atoms with Crippen LogP contribution in [-0.2, 0) is 0 Å². The van der Waals surface area contributed by atoms with Gasteiger partial charge in [0.15, 0.2) is 17.5 Å². The van der Waals surface area contributed by atoms with Crippen LogP contribution in [0.1, 0.15) is 0 Å². The quantitative estimate of drug-likeness (QED) is 0.172. The van der Waals surface area contributed by atoms with Crippen LogP contribution in [0.15, 0.2) is 200 Å². The first-order valence-corrected chi connectivity index (χ1v) is 18.9. The number of nitrogens with zero attached hydrogens (tertiary/aromatic N) is 5. The average molecular weight is 716 g/mol. The van der Waals surface area contributed by atoms with Crippen molar-refractivity contribution >= 4 is 43.5 Å². The number of para-hydroxylation sites is 2. The predicted octanol–water partition coefficient (Wildman–Crippen LogP) is 12.7. The highest BCUT2D eigenvalue weighted by molar-refractivity contribution is 6.20. The molecule has 0 fully saturated rings. The first-order chi connectivity index (χ1) is 27.7. The summed E-state index contributed by atoms with van der Waals surface area (Å²) in [7, 11) is 0. The summed E-state index contributed by atoms with van der Waals surface area (Å²) in [6.45, 7) is 0. The first-order valence-electron chi connectivity index (χ1n) is 18.9. The molecule has 0 saturated heterocycles. The lowest BCUT2D eigenvalue weighted by atomic mass is 10.0. The van der Waals surface area contributed by atoms with Gasteiger partial charge in [0, 0.05) is 55.8 Å². The van der Waals surface area contributed by atoms with Gasteiger partial charge < -0.3 is 9.13 Å². The third-order valence-electron chi connectivity index (χ3n) is 10.8. The molecule has 3 aromatic heterocycles. The molecule has 0 radical (unpaired) electrons. The minimum absolute atomic E-state index is 0.640. The molecule has 11 rings (SSSR count). The van der Waals surface area contributed by atoms with E-state index < -0.39 is 0 Å². The van der Waals surface area contributed by atoms with Gasteiger partial charge in [-0.25, -0.2) is 15.0 Å². The lowest BCUT2D eigenvalue weighted by molar-refractivity contribution is 1.07. The summed E-state index contributed by atoms with van der Waals surface area (Å²) in [6, 6.07) is 68.3. The first kappa shape index (κ1) is 31.9. The van der Waals surface area contributed by atoms with Crippen LogP contribution in [0.25, 0.3) is 100 Å². The number of aromatic nitrogens is 5. The lowest BCUT2D eigenvalue weighted by Gasteiger charge is -2.12. The maximum atomic E-state index is 4.97. The van der Waals surface area contributed by atoms with E-state index in [0.29, 0.717) is 17.5 Å². The molecule has 56 heavy (non-hydrogen) atoms. The van der Waals surface area contributed by atoms with Crippen molar-refractivity contribution in [3.63, 3.8) is 0 Å². The van der Waals surface area contributed by atoms with Crippen LogP contribution in [0.2, 0.25) is 0 Å². The number of benzene rings is 8. The maximum absolute atomic E-state index is 4.97. The molecular weight excluding hydrogens is 683 g/mol. The molecule has 0 bridgehead atoms. The van der Waals surface area contributed by atoms with Gasteiger partial charge in [0.1, 0.15) is 0 Å². The number of rotatable bonds is 6. The van der Waals surface area contributed by atoms with Gasteiger partial charge in [-0.1, -0.05) is 140 Å². The summed E-state index contributed by atoms with van der Waals surface area (Å²) in [5.74, 6) is 1.94. The molecule has 5 nitrogen and oxygen atoms in total. The monoisotopic (exact) mass is 715 g/mol. The van der Waals surface area contributed by atoms with Crippen LogP contribution >= 0.6 is 0 Å². The largest absolute Gasteiger partial charge is 0.317 e. The molecule has 0 saturated carbocycles. The highest BCUT2D eigenvalue weighted by Crippen LogP contribution is 2.39. The van der Waals surface area contributed by atoms with E-state index in [1.807, 2.05) is 60.7 Å². The second kappa shape index (κ2) is 13.0. The molecule has 0 unspecified atom stereocenters. The fourth-order valence-corrected chi connectivity index (χ4v) is 8.07. The molecular formula is C51H33N5. The summed E-state index contributed by atoms with van der Waals surface area (Å²) in [6.07, 6.45) is 2.17. The Balaban J connectivity index is 1.02. The molecule has 0 spiro atoms. The fourth-order valence-electron chi connectivity index (χ4n) is 8.07. The van der Waals surface area contributed by atoms with E-state index in [0.717, 1.165) is 39.2 Å². The van der Waals surface area contributed by atoms with E-state index >= 15 is 0 Å². The van der Waals surface area contributed by atoms with E-state index in [9.17, 15) is 0 Å². The van der Waals surface area contributed by atoms with E-state index in [-0.39, 0.29) is 0 Å². The Labute approximate surface area is 323 Å². The Hall–Kier alpha value is -7.63. The Morgan fingerprint density at radius 3 is 1.64 bits per heavy atom. The summed E-state index contributed by atoms with van der Waals surface area (Å²) >= 11 is 0. The molecule has 5 heteroatoms. The SMILES string of the molecule is c1ccc(-c2nc(-c3ccccc3)nc(-c3cccc(-c4ccc(-n5c6ccccc6c6ccc7cc8c(ccn8-c8ccccc8)cc7c65)cc4)c3)n2)cc1. The third kappa shape index (κ3) is 5.37. The molecule has 0 amide bonds. The Kier molecular flexibility index (Phi) is 7.42. The van der Waals surface area contributed by atoms with Crippen molar-refractivity contribution in [3.05, 3.63) is 200 Å². The number of hydrogen-bond acceptors (Lipinski definition) is 3. The summed E-state index contributed by atoms with van der Waals surface area (Å²) < 4.78 is 4.70. The summed E-state index contributed by atoms with van der Waals surface area (Å²) in [5.41, 5.74) is 10.9. The van der Waals surface area contributed by atoms with Crippen molar-refractivity contribution in [1.29, 1.82) is 0 Å². The van der Waals surface area contributed by atoms with Gasteiger partial charge >= 0.3 is 0 Å². The van der Waals surface area contributed by atoms with Crippen molar-refractivity contribution in [2.24, 2.45) is 0 Å². The van der Waals surface area contributed by atoms with Gasteiger partial charge in [-0.05, 0) is 71.1 Å². The summed E-state index contributed by atoms with van der Waals surface area (Å²) in [4.78, 5) is 14.8. The van der Waals surface area contributed by atoms with E-state index in [4.69, 9.17) is 15.0 Å². The Morgan fingerprint density at radius 2 is 0.929 bits per heavy atom. The van der Waals surface area contributed by atoms with Crippen LogP contribution < -0.4 is 0 Å². The molecule has 0 aliphatic rings. The van der Waals surface area contributed by atoms with Gasteiger partial charge in [0.2, 0.25) is 0 Å². The standard InChI is InChI=1S/C51H33N5/c1-4-13-35(14-5-1)49-52-50(36-15-6-2-7-16-36)54-51(53-49)40-18-12-17-37(31-40)34-23-26-42(27-24-34)56-46-22-11-10-21-43(46)44-28-25-38-33-47-39(32-45(38)48(44)56)29-30-55(47)41-19-8-3-9-20-41/h1-33H. The molecule has 0 N–H and O–H groups in total. The highest BCUT2D eigenvalue weighted by Gasteiger charge is 2.17. The Bertz CT molecular complexity index is 3160. The maximum Gasteiger partial charge on any atom is 0.164 e. The zero-order valence-corrected chi connectivity index (χ0v) is 30.3. The number of fused-ring (bicyclic) bond motifs is 6. The topological polar surface area (TPSA) is 48.5 Å². The van der Waals surface area contributed by atoms with E-state index in [2.05, 4.69) is 149 Å². The van der Waals surface area contributed by atoms with E-state index in [1.165, 1.54) is 43.5 Å². The van der Waals surface area contributed by atoms with Crippen LogP contribution in [0.4, 0.5) is 0 Å². The smallest absolute Gasteiger partial charge is 0.164 e. The lowest BCUT2D eigenvalue weighted by Crippen LogP contribution is -2.00. The van der Waals surface area contributed by atoms with Gasteiger partial charge in [0.05, 0.1) is 16.6 Å². The van der Waals surface area contributed by atoms with Gasteiger partial charge in [-0.3, -0.25) is 0 Å². The molecule has 0 aliphatic carbocycles. The fraction of sp³-hybridized carbons (Fsp3) is 0. The third-order valence-corrected chi connectivity index (χ3v) is 10.8. The predicted molar refractivity (Wildman–Crippen MR) is 230 cm³/mol. The van der Waals surface area contributed by atoms with E-state index in [1.54, 1.807) is 0 Å². The van der Waals surface area contributed by atoms with Gasteiger partial charge in [-0.15, -0.1) is 0 Å². The second-order valence-corrected chi connectivity index (χ2v) is 14.1.